The van der Waals surface area contributed by atoms with Crippen LogP contribution in [0.5, 0.6) is 0 Å². The number of hydrazine groups is 1. The fraction of sp³-hybridized carbons (Fsp3) is 0.636. The Hall–Kier alpha value is -2.00. The zero-order valence-electron chi connectivity index (χ0n) is 11.4. The lowest BCUT2D eigenvalue weighted by atomic mass is 10.0. The van der Waals surface area contributed by atoms with Gasteiger partial charge in [-0.3, -0.25) is 10.1 Å². The summed E-state index contributed by atoms with van der Waals surface area (Å²) in [5.74, 6) is 5.43. The van der Waals surface area contributed by atoms with E-state index in [0.29, 0.717) is 12.6 Å². The van der Waals surface area contributed by atoms with Gasteiger partial charge >= 0.3 is 5.69 Å². The van der Waals surface area contributed by atoms with Gasteiger partial charge in [-0.05, 0) is 26.4 Å². The number of hydrogen-bond donors (Lipinski definition) is 3. The summed E-state index contributed by atoms with van der Waals surface area (Å²) in [4.78, 5) is 20.5. The topological polar surface area (TPSA) is 122 Å². The van der Waals surface area contributed by atoms with Crippen LogP contribution in [0.25, 0.3) is 0 Å². The summed E-state index contributed by atoms with van der Waals surface area (Å²) >= 11 is 0. The Labute approximate surface area is 116 Å². The number of nitrogens with one attached hydrogen (secondary N) is 2. The molecule has 1 aromatic heterocycles. The molecule has 1 atom stereocenters. The van der Waals surface area contributed by atoms with E-state index in [1.54, 1.807) is 0 Å². The van der Waals surface area contributed by atoms with Crippen LogP contribution in [-0.2, 0) is 0 Å². The number of rotatable bonds is 5. The van der Waals surface area contributed by atoms with Gasteiger partial charge in [0, 0.05) is 12.6 Å². The van der Waals surface area contributed by atoms with E-state index in [0.717, 1.165) is 13.0 Å². The minimum Gasteiger partial charge on any atom is -0.363 e. The van der Waals surface area contributed by atoms with Crippen LogP contribution in [0.3, 0.4) is 0 Å². The van der Waals surface area contributed by atoms with Gasteiger partial charge in [0.2, 0.25) is 11.6 Å². The Bertz CT molecular complexity index is 482. The molecule has 1 aliphatic heterocycles. The maximum absolute atomic E-state index is 11.1. The molecule has 9 heteroatoms. The van der Waals surface area contributed by atoms with Crippen molar-refractivity contribution in [3.8, 4) is 0 Å². The van der Waals surface area contributed by atoms with E-state index >= 15 is 0 Å². The summed E-state index contributed by atoms with van der Waals surface area (Å²) < 4.78 is 0. The normalized spacial score (nSPS) is 19.6. The molecule has 0 aliphatic carbocycles. The fourth-order valence-corrected chi connectivity index (χ4v) is 2.40. The molecule has 0 spiro atoms. The second-order valence-electron chi connectivity index (χ2n) is 4.83. The molecular formula is C11H19N7O2. The average molecular weight is 281 g/mol. The Balaban J connectivity index is 2.10. The fourth-order valence-electron chi connectivity index (χ4n) is 2.40. The standard InChI is InChI=1S/C11H19N7O2/c1-17-5-3-2-4-8(17)6-13-10-9(18(19)20)11(16-12)15-7-14-10/h7-8H,2-6,12H2,1H3,(H2,13,14,15,16). The smallest absolute Gasteiger partial charge is 0.354 e. The second kappa shape index (κ2) is 6.44. The van der Waals surface area contributed by atoms with E-state index in [2.05, 4.69) is 32.7 Å². The molecule has 20 heavy (non-hydrogen) atoms. The van der Waals surface area contributed by atoms with Crippen molar-refractivity contribution in [2.45, 2.75) is 25.3 Å². The molecule has 4 N–H and O–H groups in total. The molecule has 0 radical (unpaired) electrons. The molecule has 0 amide bonds. The quantitative estimate of drug-likeness (QED) is 0.406. The van der Waals surface area contributed by atoms with Gasteiger partial charge in [-0.15, -0.1) is 0 Å². The Morgan fingerprint density at radius 2 is 2.25 bits per heavy atom. The van der Waals surface area contributed by atoms with Gasteiger partial charge in [-0.1, -0.05) is 6.42 Å². The summed E-state index contributed by atoms with van der Waals surface area (Å²) in [6, 6.07) is 0.354. The maximum Gasteiger partial charge on any atom is 0.354 e. The van der Waals surface area contributed by atoms with Crippen LogP contribution in [-0.4, -0.2) is 46.0 Å². The van der Waals surface area contributed by atoms with Gasteiger partial charge in [0.1, 0.15) is 6.33 Å². The number of nitrogens with zero attached hydrogens (tertiary/aromatic N) is 4. The molecule has 2 rings (SSSR count). The molecule has 2 heterocycles. The summed E-state index contributed by atoms with van der Waals surface area (Å²) in [5.41, 5.74) is 1.99. The van der Waals surface area contributed by atoms with Crippen LogP contribution < -0.4 is 16.6 Å². The van der Waals surface area contributed by atoms with Gasteiger partial charge in [0.15, 0.2) is 0 Å². The minimum absolute atomic E-state index is 0.00417. The highest BCUT2D eigenvalue weighted by molar-refractivity contribution is 5.68. The van der Waals surface area contributed by atoms with Crippen LogP contribution in [0.4, 0.5) is 17.3 Å². The molecule has 1 fully saturated rings. The van der Waals surface area contributed by atoms with Crippen molar-refractivity contribution in [2.24, 2.45) is 5.84 Å². The van der Waals surface area contributed by atoms with E-state index in [4.69, 9.17) is 5.84 Å². The predicted octanol–water partition coefficient (Wildman–Crippen LogP) is 0.567. The van der Waals surface area contributed by atoms with Crippen LogP contribution in [0.15, 0.2) is 6.33 Å². The first kappa shape index (κ1) is 14.4. The third kappa shape index (κ3) is 3.11. The first-order valence-corrected chi connectivity index (χ1v) is 6.53. The third-order valence-corrected chi connectivity index (χ3v) is 3.57. The zero-order chi connectivity index (χ0) is 14.5. The molecule has 1 unspecified atom stereocenters. The molecular weight excluding hydrogens is 262 g/mol. The average Bonchev–Trinajstić information content (AvgIpc) is 2.45. The minimum atomic E-state index is -0.540. The van der Waals surface area contributed by atoms with E-state index in [1.165, 1.54) is 19.2 Å². The lowest BCUT2D eigenvalue weighted by Gasteiger charge is -2.32. The number of nitro groups is 1. The number of anilines is 2. The Morgan fingerprint density at radius 3 is 2.90 bits per heavy atom. The number of likely N-dealkylation sites (tertiary alicyclic amines) is 1. The van der Waals surface area contributed by atoms with E-state index < -0.39 is 4.92 Å². The zero-order valence-corrected chi connectivity index (χ0v) is 11.4. The number of likely N-dealkylation sites (N-methyl/N-ethyl adjacent to an activating group) is 1. The maximum atomic E-state index is 11.1. The van der Waals surface area contributed by atoms with Crippen molar-refractivity contribution in [3.63, 3.8) is 0 Å². The summed E-state index contributed by atoms with van der Waals surface area (Å²) in [5, 5.41) is 14.1. The number of piperidine rings is 1. The van der Waals surface area contributed by atoms with Crippen molar-refractivity contribution >= 4 is 17.3 Å². The highest BCUT2D eigenvalue weighted by Crippen LogP contribution is 2.28. The predicted molar refractivity (Wildman–Crippen MR) is 75.3 cm³/mol. The van der Waals surface area contributed by atoms with E-state index in [-0.39, 0.29) is 17.3 Å². The van der Waals surface area contributed by atoms with Gasteiger partial charge in [-0.25, -0.2) is 15.8 Å². The van der Waals surface area contributed by atoms with Gasteiger partial charge in [0.25, 0.3) is 0 Å². The van der Waals surface area contributed by atoms with Crippen molar-refractivity contribution in [2.75, 3.05) is 30.9 Å². The van der Waals surface area contributed by atoms with Crippen molar-refractivity contribution in [1.82, 2.24) is 14.9 Å². The number of aromatic nitrogens is 2. The molecule has 0 bridgehead atoms. The number of hydrogen-bond acceptors (Lipinski definition) is 8. The number of nitrogen functional groups attached to an aromatic ring is 1. The van der Waals surface area contributed by atoms with Gasteiger partial charge in [-0.2, -0.15) is 0 Å². The third-order valence-electron chi connectivity index (χ3n) is 3.57. The van der Waals surface area contributed by atoms with Crippen LogP contribution in [0.2, 0.25) is 0 Å². The largest absolute Gasteiger partial charge is 0.363 e. The molecule has 1 aliphatic rings. The van der Waals surface area contributed by atoms with E-state index in [1.807, 2.05) is 0 Å². The van der Waals surface area contributed by atoms with Crippen molar-refractivity contribution in [1.29, 1.82) is 0 Å². The summed E-state index contributed by atoms with van der Waals surface area (Å²) in [7, 11) is 2.06. The summed E-state index contributed by atoms with van der Waals surface area (Å²) in [6.07, 6.45) is 4.69. The molecule has 0 aromatic carbocycles. The first-order valence-electron chi connectivity index (χ1n) is 6.53. The van der Waals surface area contributed by atoms with Crippen LogP contribution >= 0.6 is 0 Å². The second-order valence-corrected chi connectivity index (χ2v) is 4.83. The van der Waals surface area contributed by atoms with Crippen molar-refractivity contribution < 1.29 is 4.92 Å². The van der Waals surface area contributed by atoms with E-state index in [9.17, 15) is 10.1 Å². The molecule has 0 saturated carbocycles. The highest BCUT2D eigenvalue weighted by atomic mass is 16.6. The molecule has 1 saturated heterocycles. The van der Waals surface area contributed by atoms with Crippen molar-refractivity contribution in [3.05, 3.63) is 16.4 Å². The lowest BCUT2D eigenvalue weighted by molar-refractivity contribution is -0.383. The van der Waals surface area contributed by atoms with Gasteiger partial charge in [0.05, 0.1) is 4.92 Å². The van der Waals surface area contributed by atoms with Gasteiger partial charge < -0.3 is 15.6 Å². The van der Waals surface area contributed by atoms with Crippen LogP contribution in [0, 0.1) is 10.1 Å². The monoisotopic (exact) mass is 281 g/mol. The lowest BCUT2D eigenvalue weighted by Crippen LogP contribution is -2.40. The van der Waals surface area contributed by atoms with Crippen LogP contribution in [0.1, 0.15) is 19.3 Å². The Morgan fingerprint density at radius 1 is 1.50 bits per heavy atom. The SMILES string of the molecule is CN1CCCCC1CNc1ncnc(NN)c1[N+](=O)[O-]. The summed E-state index contributed by atoms with van der Waals surface area (Å²) in [6.45, 7) is 1.66. The highest BCUT2D eigenvalue weighted by Gasteiger charge is 2.24. The molecule has 110 valence electrons. The Kier molecular flexibility index (Phi) is 4.64. The number of nitrogens with two attached hydrogens (primary N) is 1. The first-order chi connectivity index (χ1) is 9.63. The molecule has 1 aromatic rings. The molecule has 9 nitrogen and oxygen atoms in total.